The highest BCUT2D eigenvalue weighted by Crippen LogP contribution is 2.28. The minimum atomic E-state index is -0.0469. The Kier molecular flexibility index (Phi) is 4.58. The van der Waals surface area contributed by atoms with E-state index in [1.54, 1.807) is 6.20 Å². The van der Waals surface area contributed by atoms with Gasteiger partial charge in [-0.1, -0.05) is 6.92 Å². The number of amides is 1. The summed E-state index contributed by atoms with van der Waals surface area (Å²) in [6.45, 7) is 3.68. The van der Waals surface area contributed by atoms with Gasteiger partial charge in [-0.05, 0) is 47.2 Å². The number of carbonyl (C=O) groups excluding carboxylic acids is 1. The summed E-state index contributed by atoms with van der Waals surface area (Å²) in [6, 6.07) is 1.81. The van der Waals surface area contributed by atoms with Gasteiger partial charge in [0.1, 0.15) is 5.82 Å². The van der Waals surface area contributed by atoms with E-state index in [-0.39, 0.29) is 5.91 Å². The number of aromatic nitrogens is 1. The van der Waals surface area contributed by atoms with E-state index in [2.05, 4.69) is 38.5 Å². The zero-order valence-corrected chi connectivity index (χ0v) is 12.1. The molecule has 0 aromatic carbocycles. The van der Waals surface area contributed by atoms with E-state index in [0.29, 0.717) is 17.3 Å². The summed E-state index contributed by atoms with van der Waals surface area (Å²) < 4.78 is 0.820. The molecule has 1 aliphatic carbocycles. The highest BCUT2D eigenvalue weighted by Gasteiger charge is 2.22. The van der Waals surface area contributed by atoms with Crippen molar-refractivity contribution in [2.45, 2.75) is 26.2 Å². The van der Waals surface area contributed by atoms with Crippen LogP contribution >= 0.6 is 15.9 Å². The van der Waals surface area contributed by atoms with Crippen LogP contribution in [0.1, 0.15) is 36.5 Å². The Balaban J connectivity index is 2.06. The molecule has 1 aromatic heterocycles. The SMILES string of the molecule is CCCNc1ncc(Br)cc1C(=O)NCC1CC1. The first-order chi connectivity index (χ1) is 8.70. The molecule has 1 amide bonds. The molecule has 0 spiro atoms. The van der Waals surface area contributed by atoms with Crippen molar-refractivity contribution in [3.05, 3.63) is 22.3 Å². The number of hydrogen-bond donors (Lipinski definition) is 2. The first kappa shape index (κ1) is 13.3. The molecule has 1 saturated carbocycles. The molecule has 18 heavy (non-hydrogen) atoms. The van der Waals surface area contributed by atoms with Crippen LogP contribution in [0.4, 0.5) is 5.82 Å². The van der Waals surface area contributed by atoms with Crippen molar-refractivity contribution in [1.29, 1.82) is 0 Å². The maximum Gasteiger partial charge on any atom is 0.255 e. The molecule has 0 saturated heterocycles. The highest BCUT2D eigenvalue weighted by molar-refractivity contribution is 9.10. The summed E-state index contributed by atoms with van der Waals surface area (Å²) in [6.07, 6.45) is 5.17. The van der Waals surface area contributed by atoms with E-state index in [1.807, 2.05) is 6.07 Å². The van der Waals surface area contributed by atoms with Crippen LogP contribution in [0.5, 0.6) is 0 Å². The van der Waals surface area contributed by atoms with Crippen molar-refractivity contribution < 1.29 is 4.79 Å². The van der Waals surface area contributed by atoms with Crippen LogP contribution in [0.25, 0.3) is 0 Å². The quantitative estimate of drug-likeness (QED) is 0.849. The van der Waals surface area contributed by atoms with E-state index in [9.17, 15) is 4.79 Å². The lowest BCUT2D eigenvalue weighted by Gasteiger charge is -2.11. The minimum Gasteiger partial charge on any atom is -0.369 e. The Morgan fingerprint density at radius 3 is 3.00 bits per heavy atom. The maximum absolute atomic E-state index is 12.1. The van der Waals surface area contributed by atoms with Crippen LogP contribution in [0.15, 0.2) is 16.7 Å². The third kappa shape index (κ3) is 3.70. The smallest absolute Gasteiger partial charge is 0.255 e. The number of nitrogens with zero attached hydrogens (tertiary/aromatic N) is 1. The number of pyridine rings is 1. The second kappa shape index (κ2) is 6.18. The monoisotopic (exact) mass is 311 g/mol. The molecule has 1 fully saturated rings. The standard InChI is InChI=1S/C13H18BrN3O/c1-2-5-15-12-11(6-10(14)8-16-12)13(18)17-7-9-3-4-9/h6,8-9H,2-5,7H2,1H3,(H,15,16)(H,17,18). The third-order valence-corrected chi connectivity index (χ3v) is 3.32. The summed E-state index contributed by atoms with van der Waals surface area (Å²) in [4.78, 5) is 16.4. The Labute approximate surface area is 116 Å². The number of hydrogen-bond acceptors (Lipinski definition) is 3. The first-order valence-electron chi connectivity index (χ1n) is 6.38. The highest BCUT2D eigenvalue weighted by atomic mass is 79.9. The number of carbonyl (C=O) groups is 1. The van der Waals surface area contributed by atoms with E-state index in [0.717, 1.165) is 24.0 Å². The molecule has 98 valence electrons. The van der Waals surface area contributed by atoms with Crippen molar-refractivity contribution >= 4 is 27.7 Å². The Bertz CT molecular complexity index is 432. The molecule has 5 heteroatoms. The number of nitrogens with one attached hydrogen (secondary N) is 2. The zero-order chi connectivity index (χ0) is 13.0. The van der Waals surface area contributed by atoms with Crippen molar-refractivity contribution in [2.75, 3.05) is 18.4 Å². The molecule has 2 N–H and O–H groups in total. The molecule has 1 heterocycles. The fourth-order valence-electron chi connectivity index (χ4n) is 1.65. The van der Waals surface area contributed by atoms with Gasteiger partial charge < -0.3 is 10.6 Å². The van der Waals surface area contributed by atoms with Crippen molar-refractivity contribution in [3.8, 4) is 0 Å². The first-order valence-corrected chi connectivity index (χ1v) is 7.17. The summed E-state index contributed by atoms with van der Waals surface area (Å²) in [5.41, 5.74) is 0.610. The normalized spacial score (nSPS) is 14.3. The molecule has 0 atom stereocenters. The van der Waals surface area contributed by atoms with Crippen molar-refractivity contribution in [2.24, 2.45) is 5.92 Å². The van der Waals surface area contributed by atoms with Crippen LogP contribution in [0, 0.1) is 5.92 Å². The fourth-order valence-corrected chi connectivity index (χ4v) is 1.98. The average molecular weight is 312 g/mol. The number of rotatable bonds is 6. The summed E-state index contributed by atoms with van der Waals surface area (Å²) in [5, 5.41) is 6.15. The maximum atomic E-state index is 12.1. The molecule has 4 nitrogen and oxygen atoms in total. The topological polar surface area (TPSA) is 54.0 Å². The van der Waals surface area contributed by atoms with E-state index >= 15 is 0 Å². The van der Waals surface area contributed by atoms with Gasteiger partial charge in [0, 0.05) is 23.8 Å². The molecule has 0 unspecified atom stereocenters. The molecule has 2 rings (SSSR count). The molecular weight excluding hydrogens is 294 g/mol. The molecule has 0 bridgehead atoms. The second-order valence-corrected chi connectivity index (χ2v) is 5.55. The van der Waals surface area contributed by atoms with Gasteiger partial charge in [-0.2, -0.15) is 0 Å². The lowest BCUT2D eigenvalue weighted by Crippen LogP contribution is -2.26. The minimum absolute atomic E-state index is 0.0469. The predicted molar refractivity (Wildman–Crippen MR) is 75.8 cm³/mol. The summed E-state index contributed by atoms with van der Waals surface area (Å²) in [5.74, 6) is 1.30. The second-order valence-electron chi connectivity index (χ2n) is 4.63. The van der Waals surface area contributed by atoms with Gasteiger partial charge in [-0.25, -0.2) is 4.98 Å². The third-order valence-electron chi connectivity index (χ3n) is 2.89. The lowest BCUT2D eigenvalue weighted by molar-refractivity contribution is 0.0952. The van der Waals surface area contributed by atoms with Crippen molar-refractivity contribution in [1.82, 2.24) is 10.3 Å². The number of anilines is 1. The van der Waals surface area contributed by atoms with Crippen molar-refractivity contribution in [3.63, 3.8) is 0 Å². The van der Waals surface area contributed by atoms with Crippen LogP contribution in [0.2, 0.25) is 0 Å². The van der Waals surface area contributed by atoms with Gasteiger partial charge >= 0.3 is 0 Å². The van der Waals surface area contributed by atoms with Crippen LogP contribution in [-0.2, 0) is 0 Å². The summed E-state index contributed by atoms with van der Waals surface area (Å²) in [7, 11) is 0. The van der Waals surface area contributed by atoms with Gasteiger partial charge in [0.2, 0.25) is 0 Å². The Morgan fingerprint density at radius 2 is 2.33 bits per heavy atom. The largest absolute Gasteiger partial charge is 0.369 e. The van der Waals surface area contributed by atoms with Crippen LogP contribution < -0.4 is 10.6 Å². The lowest BCUT2D eigenvalue weighted by atomic mass is 10.2. The average Bonchev–Trinajstić information content (AvgIpc) is 3.18. The zero-order valence-electron chi connectivity index (χ0n) is 10.5. The van der Waals surface area contributed by atoms with Gasteiger partial charge in [0.05, 0.1) is 5.56 Å². The fraction of sp³-hybridized carbons (Fsp3) is 0.538. The van der Waals surface area contributed by atoms with E-state index in [4.69, 9.17) is 0 Å². The van der Waals surface area contributed by atoms with E-state index < -0.39 is 0 Å². The predicted octanol–water partition coefficient (Wildman–Crippen LogP) is 2.81. The van der Waals surface area contributed by atoms with E-state index in [1.165, 1.54) is 12.8 Å². The molecule has 1 aromatic rings. The van der Waals surface area contributed by atoms with Gasteiger partial charge in [-0.15, -0.1) is 0 Å². The van der Waals surface area contributed by atoms with Gasteiger partial charge in [0.25, 0.3) is 5.91 Å². The van der Waals surface area contributed by atoms with Gasteiger partial charge in [0.15, 0.2) is 0 Å². The summed E-state index contributed by atoms with van der Waals surface area (Å²) >= 11 is 3.35. The van der Waals surface area contributed by atoms with Crippen LogP contribution in [-0.4, -0.2) is 24.0 Å². The van der Waals surface area contributed by atoms with Crippen LogP contribution in [0.3, 0.4) is 0 Å². The molecule has 1 aliphatic rings. The number of halogens is 1. The molecule has 0 radical (unpaired) electrons. The Hall–Kier alpha value is -1.10. The van der Waals surface area contributed by atoms with Gasteiger partial charge in [-0.3, -0.25) is 4.79 Å². The molecule has 0 aliphatic heterocycles. The molecular formula is C13H18BrN3O. The Morgan fingerprint density at radius 1 is 1.56 bits per heavy atom.